The van der Waals surface area contributed by atoms with E-state index in [0.29, 0.717) is 0 Å². The predicted octanol–water partition coefficient (Wildman–Crippen LogP) is 2.03. The molecule has 3 rings (SSSR count). The van der Waals surface area contributed by atoms with Crippen molar-refractivity contribution in [3.63, 3.8) is 0 Å². The molecule has 7 nitrogen and oxygen atoms in total. The number of ether oxygens (including phenoxy) is 1. The average molecular weight is 391 g/mol. The highest BCUT2D eigenvalue weighted by molar-refractivity contribution is 6.49. The Morgan fingerprint density at radius 2 is 1.88 bits per heavy atom. The van der Waals surface area contributed by atoms with Gasteiger partial charge in [0.2, 0.25) is 5.91 Å². The fraction of sp³-hybridized carbons (Fsp3) is 0.286. The van der Waals surface area contributed by atoms with E-state index >= 15 is 0 Å². The van der Waals surface area contributed by atoms with Crippen molar-refractivity contribution < 1.29 is 19.1 Å². The van der Waals surface area contributed by atoms with E-state index in [-0.39, 0.29) is 33.1 Å². The summed E-state index contributed by atoms with van der Waals surface area (Å²) in [7, 11) is 0. The molecule has 0 spiro atoms. The van der Waals surface area contributed by atoms with Crippen molar-refractivity contribution in [3.05, 3.63) is 27.2 Å². The third-order valence-corrected chi connectivity index (χ3v) is 4.41. The molecule has 2 aliphatic rings. The summed E-state index contributed by atoms with van der Waals surface area (Å²) in [6.07, 6.45) is 0. The molecule has 2 atom stereocenters. The number of rotatable bonds is 3. The van der Waals surface area contributed by atoms with Crippen molar-refractivity contribution in [2.45, 2.75) is 13.0 Å². The Morgan fingerprint density at radius 1 is 1.25 bits per heavy atom. The summed E-state index contributed by atoms with van der Waals surface area (Å²) in [5.74, 6) is -3.11. The van der Waals surface area contributed by atoms with Crippen LogP contribution < -0.4 is 10.3 Å². The van der Waals surface area contributed by atoms with E-state index in [9.17, 15) is 14.4 Å². The molecule has 2 amide bonds. The topological polar surface area (TPSA) is 88.1 Å². The molecule has 0 bridgehead atoms. The van der Waals surface area contributed by atoms with Gasteiger partial charge in [0, 0.05) is 5.02 Å². The second-order valence-electron chi connectivity index (χ2n) is 5.03. The zero-order chi connectivity index (χ0) is 17.6. The summed E-state index contributed by atoms with van der Waals surface area (Å²) in [6.45, 7) is 1.75. The molecule has 24 heavy (non-hydrogen) atoms. The van der Waals surface area contributed by atoms with Crippen molar-refractivity contribution in [1.29, 1.82) is 0 Å². The van der Waals surface area contributed by atoms with Crippen molar-refractivity contribution in [2.24, 2.45) is 11.0 Å². The zero-order valence-corrected chi connectivity index (χ0v) is 14.4. The van der Waals surface area contributed by atoms with Crippen molar-refractivity contribution >= 4 is 64.0 Å². The summed E-state index contributed by atoms with van der Waals surface area (Å²) in [4.78, 5) is 38.1. The lowest BCUT2D eigenvalue weighted by molar-refractivity contribution is -0.136. The predicted molar refractivity (Wildman–Crippen MR) is 88.4 cm³/mol. The minimum absolute atomic E-state index is 0.0251. The Balaban J connectivity index is 2.00. The number of hydrazone groups is 1. The first-order valence-electron chi connectivity index (χ1n) is 6.89. The minimum Gasteiger partial charge on any atom is -0.461 e. The van der Waals surface area contributed by atoms with Gasteiger partial charge in [0.1, 0.15) is 12.0 Å². The normalized spacial score (nSPS) is 22.3. The molecule has 1 aromatic carbocycles. The number of nitrogens with one attached hydrogen (secondary N) is 1. The Labute approximate surface area is 151 Å². The molecule has 0 saturated carbocycles. The van der Waals surface area contributed by atoms with Crippen LogP contribution in [0.5, 0.6) is 0 Å². The number of halogens is 3. The van der Waals surface area contributed by atoms with Crippen LogP contribution in [0.4, 0.5) is 5.69 Å². The molecule has 0 unspecified atom stereocenters. The molecule has 126 valence electrons. The van der Waals surface area contributed by atoms with E-state index in [1.54, 1.807) is 6.92 Å². The summed E-state index contributed by atoms with van der Waals surface area (Å²) >= 11 is 18.0. The van der Waals surface area contributed by atoms with Crippen LogP contribution >= 0.6 is 34.8 Å². The number of anilines is 1. The van der Waals surface area contributed by atoms with Crippen LogP contribution in [0.1, 0.15) is 6.92 Å². The van der Waals surface area contributed by atoms with Gasteiger partial charge in [-0.15, -0.1) is 0 Å². The van der Waals surface area contributed by atoms with E-state index < -0.39 is 29.7 Å². The fourth-order valence-corrected chi connectivity index (χ4v) is 3.62. The van der Waals surface area contributed by atoms with Crippen molar-refractivity contribution in [2.75, 3.05) is 11.5 Å². The Kier molecular flexibility index (Phi) is 4.42. The maximum atomic E-state index is 12.7. The van der Waals surface area contributed by atoms with Crippen molar-refractivity contribution in [1.82, 2.24) is 5.43 Å². The highest BCUT2D eigenvalue weighted by atomic mass is 35.5. The first kappa shape index (κ1) is 17.0. The van der Waals surface area contributed by atoms with Crippen LogP contribution in [0.3, 0.4) is 0 Å². The summed E-state index contributed by atoms with van der Waals surface area (Å²) in [5, 5.41) is 4.12. The monoisotopic (exact) mass is 389 g/mol. The first-order valence-corrected chi connectivity index (χ1v) is 8.02. The Hall–Kier alpha value is -1.83. The largest absolute Gasteiger partial charge is 0.461 e. The number of benzene rings is 1. The van der Waals surface area contributed by atoms with Gasteiger partial charge in [-0.2, -0.15) is 5.10 Å². The molecule has 10 heteroatoms. The second kappa shape index (κ2) is 6.23. The van der Waals surface area contributed by atoms with Gasteiger partial charge in [-0.05, 0) is 19.1 Å². The lowest BCUT2D eigenvalue weighted by atomic mass is 9.99. The number of hydrogen-bond donors (Lipinski definition) is 1. The number of carbonyl (C=O) groups is 3. The maximum absolute atomic E-state index is 12.7. The maximum Gasteiger partial charge on any atom is 0.355 e. The summed E-state index contributed by atoms with van der Waals surface area (Å²) in [5.41, 5.74) is 2.38. The number of imide groups is 1. The van der Waals surface area contributed by atoms with Crippen LogP contribution in [0.2, 0.25) is 15.1 Å². The number of nitrogens with zero attached hydrogens (tertiary/aromatic N) is 2. The fourth-order valence-electron chi connectivity index (χ4n) is 2.63. The highest BCUT2D eigenvalue weighted by Gasteiger charge is 2.56. The number of esters is 1. The smallest absolute Gasteiger partial charge is 0.355 e. The quantitative estimate of drug-likeness (QED) is 0.630. The van der Waals surface area contributed by atoms with Crippen LogP contribution in [0.15, 0.2) is 17.2 Å². The van der Waals surface area contributed by atoms with Crippen LogP contribution in [-0.4, -0.2) is 36.1 Å². The number of hydrogen-bond acceptors (Lipinski definition) is 6. The SMILES string of the molecule is CCOC(=O)C1=NN[C@H]2C(=O)N(c3c(Cl)cc(Cl)cc3Cl)C(=O)[C@@H]12. The van der Waals surface area contributed by atoms with Gasteiger partial charge >= 0.3 is 5.97 Å². The molecule has 2 heterocycles. The Bertz CT molecular complexity index is 772. The van der Waals surface area contributed by atoms with E-state index in [2.05, 4.69) is 10.5 Å². The molecule has 1 saturated heterocycles. The zero-order valence-electron chi connectivity index (χ0n) is 12.2. The van der Waals surface area contributed by atoms with Gasteiger partial charge in [-0.25, -0.2) is 9.69 Å². The van der Waals surface area contributed by atoms with E-state index in [0.717, 1.165) is 4.90 Å². The average Bonchev–Trinajstić information content (AvgIpc) is 3.02. The first-order chi connectivity index (χ1) is 11.4. The minimum atomic E-state index is -1.08. The molecule has 1 fully saturated rings. The Morgan fingerprint density at radius 3 is 2.46 bits per heavy atom. The number of fused-ring (bicyclic) bond motifs is 1. The summed E-state index contributed by atoms with van der Waals surface area (Å²) in [6, 6.07) is 1.74. The standard InChI is InChI=1S/C14H10Cl3N3O4/c1-2-24-14(23)10-8-9(18-19-10)13(22)20(12(8)21)11-6(16)3-5(15)4-7(11)17/h3-4,8-9,18H,2H2,1H3/t8-,9-/m1/s1. The number of amides is 2. The van der Waals surface area contributed by atoms with Crippen molar-refractivity contribution in [3.8, 4) is 0 Å². The molecule has 0 radical (unpaired) electrons. The highest BCUT2D eigenvalue weighted by Crippen LogP contribution is 2.41. The molecular formula is C14H10Cl3N3O4. The lowest BCUT2D eigenvalue weighted by Crippen LogP contribution is -2.36. The van der Waals surface area contributed by atoms with Gasteiger partial charge in [-0.1, -0.05) is 34.8 Å². The molecule has 1 N–H and O–H groups in total. The third kappa shape index (κ3) is 2.53. The number of carbonyl (C=O) groups excluding carboxylic acids is 3. The lowest BCUT2D eigenvalue weighted by Gasteiger charge is -2.18. The second-order valence-corrected chi connectivity index (χ2v) is 6.28. The molecule has 1 aromatic rings. The summed E-state index contributed by atoms with van der Waals surface area (Å²) < 4.78 is 4.86. The molecule has 0 aromatic heterocycles. The van der Waals surface area contributed by atoms with Gasteiger partial charge in [0.05, 0.1) is 22.3 Å². The van der Waals surface area contributed by atoms with E-state index in [4.69, 9.17) is 39.5 Å². The van der Waals surface area contributed by atoms with Crippen LogP contribution in [0.25, 0.3) is 0 Å². The molecular weight excluding hydrogens is 381 g/mol. The van der Waals surface area contributed by atoms with Crippen LogP contribution in [0, 0.1) is 5.92 Å². The van der Waals surface area contributed by atoms with Gasteiger partial charge in [-0.3, -0.25) is 15.0 Å². The van der Waals surface area contributed by atoms with E-state index in [1.807, 2.05) is 0 Å². The van der Waals surface area contributed by atoms with Crippen LogP contribution in [-0.2, 0) is 19.1 Å². The molecule has 2 aliphatic heterocycles. The third-order valence-electron chi connectivity index (χ3n) is 3.61. The van der Waals surface area contributed by atoms with E-state index in [1.165, 1.54) is 12.1 Å². The molecule has 0 aliphatic carbocycles. The van der Waals surface area contributed by atoms with Gasteiger partial charge < -0.3 is 4.74 Å². The van der Waals surface area contributed by atoms with Gasteiger partial charge in [0.15, 0.2) is 5.71 Å². The van der Waals surface area contributed by atoms with Gasteiger partial charge in [0.25, 0.3) is 5.91 Å².